The number of benzene rings is 3. The Balaban J connectivity index is 1.54. The van der Waals surface area contributed by atoms with E-state index in [0.29, 0.717) is 17.8 Å². The van der Waals surface area contributed by atoms with Gasteiger partial charge in [0.25, 0.3) is 15.9 Å². The van der Waals surface area contributed by atoms with Crippen LogP contribution in [0.3, 0.4) is 0 Å². The summed E-state index contributed by atoms with van der Waals surface area (Å²) in [5, 5.41) is 0. The molecule has 0 saturated heterocycles. The first-order valence-electron chi connectivity index (χ1n) is 11.1. The van der Waals surface area contributed by atoms with Crippen LogP contribution in [-0.4, -0.2) is 20.9 Å². The fraction of sp³-hybridized carbons (Fsp3) is 0.269. The molecule has 3 aromatic carbocycles. The fourth-order valence-electron chi connectivity index (χ4n) is 4.02. The molecule has 0 aromatic heterocycles. The zero-order valence-corrected chi connectivity index (χ0v) is 19.1. The van der Waals surface area contributed by atoms with Crippen molar-refractivity contribution in [3.63, 3.8) is 0 Å². The molecule has 0 aliphatic carbocycles. The van der Waals surface area contributed by atoms with E-state index >= 15 is 0 Å². The van der Waals surface area contributed by atoms with Crippen LogP contribution in [0.2, 0.25) is 0 Å². The number of fused-ring (bicyclic) bond motifs is 1. The van der Waals surface area contributed by atoms with E-state index < -0.39 is 10.0 Å². The van der Waals surface area contributed by atoms with E-state index in [2.05, 4.69) is 11.6 Å². The van der Waals surface area contributed by atoms with Crippen molar-refractivity contribution in [3.8, 4) is 0 Å². The van der Waals surface area contributed by atoms with Gasteiger partial charge in [-0.1, -0.05) is 43.7 Å². The van der Waals surface area contributed by atoms with Crippen molar-refractivity contribution >= 4 is 27.3 Å². The highest BCUT2D eigenvalue weighted by molar-refractivity contribution is 7.92. The second-order valence-electron chi connectivity index (χ2n) is 8.12. The number of nitrogens with zero attached hydrogens (tertiary/aromatic N) is 1. The van der Waals surface area contributed by atoms with Gasteiger partial charge in [-0.05, 0) is 79.3 Å². The molecular formula is C26H28N2O3S. The monoisotopic (exact) mass is 448 g/mol. The first-order valence-corrected chi connectivity index (χ1v) is 12.6. The van der Waals surface area contributed by atoms with Gasteiger partial charge in [0.2, 0.25) is 0 Å². The minimum atomic E-state index is -3.72. The van der Waals surface area contributed by atoms with E-state index in [4.69, 9.17) is 0 Å². The lowest BCUT2D eigenvalue weighted by Gasteiger charge is -2.30. The molecule has 1 aliphatic rings. The van der Waals surface area contributed by atoms with Crippen LogP contribution < -0.4 is 9.62 Å². The van der Waals surface area contributed by atoms with E-state index in [1.807, 2.05) is 30.3 Å². The molecule has 1 amide bonds. The largest absolute Gasteiger partial charge is 0.308 e. The number of anilines is 2. The Morgan fingerprint density at radius 2 is 1.75 bits per heavy atom. The third-order valence-corrected chi connectivity index (χ3v) is 7.15. The summed E-state index contributed by atoms with van der Waals surface area (Å²) in [5.41, 5.74) is 4.03. The minimum absolute atomic E-state index is 0.0663. The second-order valence-corrected chi connectivity index (χ2v) is 9.81. The molecule has 5 nitrogen and oxygen atoms in total. The van der Waals surface area contributed by atoms with Crippen molar-refractivity contribution in [1.82, 2.24) is 0 Å². The van der Waals surface area contributed by atoms with Crippen molar-refractivity contribution in [2.45, 2.75) is 43.9 Å². The van der Waals surface area contributed by atoms with Gasteiger partial charge in [0.15, 0.2) is 0 Å². The Morgan fingerprint density at radius 3 is 2.47 bits per heavy atom. The van der Waals surface area contributed by atoms with Crippen LogP contribution in [0.15, 0.2) is 77.7 Å². The zero-order chi connectivity index (χ0) is 22.6. The SMILES string of the molecule is CCCCc1ccc(NS(=O)(=O)c2ccc3c(c2)CCCN3C(=O)c2ccccc2)cc1. The third kappa shape index (κ3) is 4.86. The molecule has 0 atom stereocenters. The van der Waals surface area contributed by atoms with Crippen molar-refractivity contribution < 1.29 is 13.2 Å². The first kappa shape index (κ1) is 22.1. The molecule has 1 heterocycles. The van der Waals surface area contributed by atoms with Gasteiger partial charge in [-0.2, -0.15) is 0 Å². The summed E-state index contributed by atoms with van der Waals surface area (Å²) in [5.74, 6) is -0.0663. The van der Waals surface area contributed by atoms with E-state index in [-0.39, 0.29) is 10.8 Å². The van der Waals surface area contributed by atoms with Crippen molar-refractivity contribution in [1.29, 1.82) is 0 Å². The van der Waals surface area contributed by atoms with Gasteiger partial charge in [0, 0.05) is 23.5 Å². The molecule has 0 spiro atoms. The maximum atomic E-state index is 13.0. The predicted octanol–water partition coefficient (Wildman–Crippen LogP) is 5.42. The number of carbonyl (C=O) groups is 1. The smallest absolute Gasteiger partial charge is 0.261 e. The van der Waals surface area contributed by atoms with Crippen LogP contribution in [-0.2, 0) is 22.9 Å². The van der Waals surface area contributed by atoms with Gasteiger partial charge in [-0.3, -0.25) is 9.52 Å². The summed E-state index contributed by atoms with van der Waals surface area (Å²) in [4.78, 5) is 14.9. The third-order valence-electron chi connectivity index (χ3n) is 5.77. The molecule has 0 fully saturated rings. The fourth-order valence-corrected chi connectivity index (χ4v) is 5.13. The highest BCUT2D eigenvalue weighted by Crippen LogP contribution is 2.31. The van der Waals surface area contributed by atoms with Crippen molar-refractivity contribution in [2.24, 2.45) is 0 Å². The van der Waals surface area contributed by atoms with Gasteiger partial charge < -0.3 is 4.90 Å². The second kappa shape index (κ2) is 9.57. The van der Waals surface area contributed by atoms with Gasteiger partial charge >= 0.3 is 0 Å². The Morgan fingerprint density at radius 1 is 1.00 bits per heavy atom. The molecule has 166 valence electrons. The van der Waals surface area contributed by atoms with Gasteiger partial charge in [0.1, 0.15) is 0 Å². The lowest BCUT2D eigenvalue weighted by Crippen LogP contribution is -2.35. The van der Waals surface area contributed by atoms with Crippen molar-refractivity contribution in [3.05, 3.63) is 89.5 Å². The van der Waals surface area contributed by atoms with E-state index in [9.17, 15) is 13.2 Å². The molecule has 6 heteroatoms. The molecule has 0 saturated carbocycles. The number of nitrogens with one attached hydrogen (secondary N) is 1. The Hall–Kier alpha value is -3.12. The maximum absolute atomic E-state index is 13.0. The van der Waals surface area contributed by atoms with E-state index in [0.717, 1.165) is 43.4 Å². The number of unbranched alkanes of at least 4 members (excludes halogenated alkanes) is 1. The number of sulfonamides is 1. The first-order chi connectivity index (χ1) is 15.5. The predicted molar refractivity (Wildman–Crippen MR) is 129 cm³/mol. The summed E-state index contributed by atoms with van der Waals surface area (Å²) < 4.78 is 28.7. The zero-order valence-electron chi connectivity index (χ0n) is 18.3. The van der Waals surface area contributed by atoms with Gasteiger partial charge in [-0.15, -0.1) is 0 Å². The van der Waals surface area contributed by atoms with Crippen LogP contribution in [0.25, 0.3) is 0 Å². The van der Waals surface area contributed by atoms with Crippen LogP contribution in [0.1, 0.15) is 47.7 Å². The molecule has 0 unspecified atom stereocenters. The molecule has 1 N–H and O–H groups in total. The highest BCUT2D eigenvalue weighted by atomic mass is 32.2. The summed E-state index contributed by atoms with van der Waals surface area (Å²) in [6, 6.07) is 21.7. The summed E-state index contributed by atoms with van der Waals surface area (Å²) in [6.07, 6.45) is 4.77. The number of amides is 1. The van der Waals surface area contributed by atoms with Crippen LogP contribution in [0.5, 0.6) is 0 Å². The number of aryl methyl sites for hydroxylation is 2. The number of rotatable bonds is 7. The maximum Gasteiger partial charge on any atom is 0.261 e. The number of hydrogen-bond acceptors (Lipinski definition) is 3. The average Bonchev–Trinajstić information content (AvgIpc) is 2.83. The molecular weight excluding hydrogens is 420 g/mol. The van der Waals surface area contributed by atoms with Gasteiger partial charge in [0.05, 0.1) is 4.90 Å². The van der Waals surface area contributed by atoms with E-state index in [1.54, 1.807) is 47.4 Å². The average molecular weight is 449 g/mol. The molecule has 32 heavy (non-hydrogen) atoms. The standard InChI is InChI=1S/C26H28N2O3S/c1-2-3-8-20-12-14-23(15-13-20)27-32(30,31)24-16-17-25-22(19-24)11-7-18-28(25)26(29)21-9-5-4-6-10-21/h4-6,9-10,12-17,19,27H,2-3,7-8,11,18H2,1H3. The Kier molecular flexibility index (Phi) is 6.61. The number of carbonyl (C=O) groups excluding carboxylic acids is 1. The summed E-state index contributed by atoms with van der Waals surface area (Å²) >= 11 is 0. The van der Waals surface area contributed by atoms with Gasteiger partial charge in [-0.25, -0.2) is 8.42 Å². The molecule has 1 aliphatic heterocycles. The highest BCUT2D eigenvalue weighted by Gasteiger charge is 2.25. The number of hydrogen-bond donors (Lipinski definition) is 1. The topological polar surface area (TPSA) is 66.5 Å². The van der Waals surface area contributed by atoms with E-state index in [1.165, 1.54) is 5.56 Å². The van der Waals surface area contributed by atoms with Crippen LogP contribution >= 0.6 is 0 Å². The molecule has 3 aromatic rings. The van der Waals surface area contributed by atoms with Crippen molar-refractivity contribution in [2.75, 3.05) is 16.2 Å². The molecule has 0 radical (unpaired) electrons. The van der Waals surface area contributed by atoms with Crippen LogP contribution in [0, 0.1) is 0 Å². The Labute approximate surface area is 190 Å². The summed E-state index contributed by atoms with van der Waals surface area (Å²) in [6.45, 7) is 2.77. The summed E-state index contributed by atoms with van der Waals surface area (Å²) in [7, 11) is -3.72. The van der Waals surface area contributed by atoms with Crippen LogP contribution in [0.4, 0.5) is 11.4 Å². The Bertz CT molecular complexity index is 1190. The lowest BCUT2D eigenvalue weighted by atomic mass is 10.0. The quantitative estimate of drug-likeness (QED) is 0.525. The lowest BCUT2D eigenvalue weighted by molar-refractivity contribution is 0.0985. The molecule has 4 rings (SSSR count). The normalized spacial score (nSPS) is 13.5. The minimum Gasteiger partial charge on any atom is -0.308 e. The molecule has 0 bridgehead atoms.